The molecule has 150 valence electrons. The average Bonchev–Trinajstić information content (AvgIpc) is 3.00. The quantitative estimate of drug-likeness (QED) is 0.267. The Labute approximate surface area is 167 Å². The van der Waals surface area contributed by atoms with Gasteiger partial charge in [0.1, 0.15) is 0 Å². The van der Waals surface area contributed by atoms with Gasteiger partial charge in [-0.3, -0.25) is 0 Å². The molecule has 0 unspecified atom stereocenters. The fourth-order valence-electron chi connectivity index (χ4n) is 3.90. The first-order chi connectivity index (χ1) is 12.9. The summed E-state index contributed by atoms with van der Waals surface area (Å²) in [7, 11) is 0. The Balaban J connectivity index is 1.92. The summed E-state index contributed by atoms with van der Waals surface area (Å²) in [4.78, 5) is 0.692. The van der Waals surface area contributed by atoms with E-state index in [0.717, 1.165) is 31.3 Å². The second-order valence-corrected chi connectivity index (χ2v) is 8.02. The van der Waals surface area contributed by atoms with Crippen LogP contribution in [0.5, 0.6) is 0 Å². The molecule has 0 aromatic heterocycles. The third-order valence-corrected chi connectivity index (χ3v) is 5.78. The Morgan fingerprint density at radius 2 is 1.44 bits per heavy atom. The minimum Gasteiger partial charge on any atom is -0.166 e. The van der Waals surface area contributed by atoms with Crippen LogP contribution in [0, 0.1) is 0 Å². The highest BCUT2D eigenvalue weighted by atomic mass is 32.1. The molecular weight excluding hydrogens is 365 g/mol. The molecule has 0 saturated heterocycles. The van der Waals surface area contributed by atoms with Crippen LogP contribution in [-0.2, 0) is 6.18 Å². The fourth-order valence-corrected chi connectivity index (χ4v) is 4.26. The van der Waals surface area contributed by atoms with Gasteiger partial charge >= 0.3 is 6.18 Å². The highest BCUT2D eigenvalue weighted by Gasteiger charge is 2.35. The van der Waals surface area contributed by atoms with Crippen molar-refractivity contribution in [3.8, 4) is 0 Å². The molecule has 0 fully saturated rings. The summed E-state index contributed by atoms with van der Waals surface area (Å²) < 4.78 is 40.2. The lowest BCUT2D eigenvalue weighted by Gasteiger charge is -2.15. The van der Waals surface area contributed by atoms with Crippen molar-refractivity contribution in [2.45, 2.75) is 90.1 Å². The van der Waals surface area contributed by atoms with Gasteiger partial charge in [-0.2, -0.15) is 13.2 Å². The number of unbranched alkanes of at least 4 members (excludes halogenated alkanes) is 8. The Morgan fingerprint density at radius 1 is 0.852 bits per heavy atom. The van der Waals surface area contributed by atoms with Gasteiger partial charge in [-0.25, -0.2) is 0 Å². The van der Waals surface area contributed by atoms with Gasteiger partial charge in [0, 0.05) is 4.86 Å². The molecule has 0 atom stereocenters. The largest absolute Gasteiger partial charge is 0.417 e. The smallest absolute Gasteiger partial charge is 0.166 e. The molecule has 0 nitrogen and oxygen atoms in total. The van der Waals surface area contributed by atoms with Crippen LogP contribution in [0.1, 0.15) is 95.1 Å². The zero-order chi connectivity index (χ0) is 19.7. The number of hydrogen-bond acceptors (Lipinski definition) is 1. The molecule has 0 aliphatic heterocycles. The molecule has 0 radical (unpaired) electrons. The molecule has 0 heterocycles. The van der Waals surface area contributed by atoms with Gasteiger partial charge in [0.05, 0.1) is 5.56 Å². The van der Waals surface area contributed by atoms with E-state index >= 15 is 0 Å². The van der Waals surface area contributed by atoms with Crippen LogP contribution in [0.4, 0.5) is 13.2 Å². The standard InChI is InChI=1S/C23H31F3S/c1-2-3-4-5-6-7-8-9-10-13-18-16-17-21(27)22(18)19-14-11-12-15-20(19)23(24,25)26/h11-12,14-15H,2-10,13,16-17H2,1H3. The highest BCUT2D eigenvalue weighted by Crippen LogP contribution is 2.41. The molecule has 1 aliphatic rings. The minimum absolute atomic E-state index is 0.276. The molecule has 1 aliphatic carbocycles. The van der Waals surface area contributed by atoms with Crippen molar-refractivity contribution in [1.29, 1.82) is 0 Å². The van der Waals surface area contributed by atoms with E-state index in [0.29, 0.717) is 16.9 Å². The number of halogens is 3. The van der Waals surface area contributed by atoms with E-state index < -0.39 is 11.7 Å². The SMILES string of the molecule is CCCCCCCCCCCC1=C(c2ccccc2C(F)(F)F)C(=S)CC1. The predicted octanol–water partition coefficient (Wildman–Crippen LogP) is 8.54. The first-order valence-corrected chi connectivity index (χ1v) is 10.8. The Hall–Kier alpha value is -1.16. The second-order valence-electron chi connectivity index (χ2n) is 7.52. The molecule has 0 spiro atoms. The van der Waals surface area contributed by atoms with E-state index in [9.17, 15) is 13.2 Å². The molecule has 1 aromatic rings. The van der Waals surface area contributed by atoms with E-state index in [4.69, 9.17) is 12.2 Å². The molecule has 2 rings (SSSR count). The van der Waals surface area contributed by atoms with E-state index in [1.807, 2.05) is 0 Å². The van der Waals surface area contributed by atoms with Crippen molar-refractivity contribution < 1.29 is 13.2 Å². The van der Waals surface area contributed by atoms with Crippen molar-refractivity contribution in [2.75, 3.05) is 0 Å². The summed E-state index contributed by atoms with van der Waals surface area (Å²) in [6, 6.07) is 5.87. The summed E-state index contributed by atoms with van der Waals surface area (Å²) in [5.41, 5.74) is 1.55. The lowest BCUT2D eigenvalue weighted by molar-refractivity contribution is -0.137. The van der Waals surface area contributed by atoms with E-state index in [2.05, 4.69) is 6.92 Å². The Morgan fingerprint density at radius 3 is 2.07 bits per heavy atom. The summed E-state index contributed by atoms with van der Waals surface area (Å²) >= 11 is 5.43. The van der Waals surface area contributed by atoms with Gasteiger partial charge in [-0.15, -0.1) is 0 Å². The van der Waals surface area contributed by atoms with Crippen molar-refractivity contribution in [2.24, 2.45) is 0 Å². The first kappa shape index (κ1) is 22.1. The fraction of sp³-hybridized carbons (Fsp3) is 0.609. The van der Waals surface area contributed by atoms with Crippen LogP contribution in [-0.4, -0.2) is 4.86 Å². The monoisotopic (exact) mass is 396 g/mol. The molecule has 0 N–H and O–H groups in total. The average molecular weight is 397 g/mol. The molecule has 0 saturated carbocycles. The summed E-state index contributed by atoms with van der Waals surface area (Å²) in [6.45, 7) is 2.23. The highest BCUT2D eigenvalue weighted by molar-refractivity contribution is 7.81. The van der Waals surface area contributed by atoms with E-state index in [1.165, 1.54) is 57.1 Å². The normalized spacial score (nSPS) is 15.0. The molecule has 4 heteroatoms. The number of thiocarbonyl (C=S) groups is 1. The van der Waals surface area contributed by atoms with Crippen LogP contribution in [0.2, 0.25) is 0 Å². The summed E-state index contributed by atoms with van der Waals surface area (Å²) in [5.74, 6) is 0. The predicted molar refractivity (Wildman–Crippen MR) is 112 cm³/mol. The number of hydrogen-bond donors (Lipinski definition) is 0. The van der Waals surface area contributed by atoms with Crippen LogP contribution < -0.4 is 0 Å². The van der Waals surface area contributed by atoms with E-state index in [-0.39, 0.29) is 5.56 Å². The van der Waals surface area contributed by atoms with Crippen LogP contribution in [0.25, 0.3) is 5.57 Å². The number of benzene rings is 1. The van der Waals surface area contributed by atoms with Crippen molar-refractivity contribution in [3.05, 3.63) is 41.0 Å². The molecule has 1 aromatic carbocycles. The molecular formula is C23H31F3S. The van der Waals surface area contributed by atoms with Crippen LogP contribution in [0.15, 0.2) is 29.8 Å². The lowest BCUT2D eigenvalue weighted by atomic mass is 9.94. The minimum atomic E-state index is -4.34. The van der Waals surface area contributed by atoms with Gasteiger partial charge in [-0.05, 0) is 42.9 Å². The van der Waals surface area contributed by atoms with Crippen LogP contribution in [0.3, 0.4) is 0 Å². The van der Waals surface area contributed by atoms with Gasteiger partial charge in [0.15, 0.2) is 0 Å². The zero-order valence-corrected chi connectivity index (χ0v) is 17.2. The second kappa shape index (κ2) is 11.0. The lowest BCUT2D eigenvalue weighted by Crippen LogP contribution is -2.10. The van der Waals surface area contributed by atoms with Gasteiger partial charge in [-0.1, -0.05) is 94.3 Å². The molecule has 0 amide bonds. The topological polar surface area (TPSA) is 0 Å². The van der Waals surface area contributed by atoms with Gasteiger partial charge < -0.3 is 0 Å². The van der Waals surface area contributed by atoms with Gasteiger partial charge in [0.25, 0.3) is 0 Å². The number of rotatable bonds is 11. The summed E-state index contributed by atoms with van der Waals surface area (Å²) in [6.07, 6.45) is 9.31. The van der Waals surface area contributed by atoms with Gasteiger partial charge in [0.2, 0.25) is 0 Å². The Kier molecular flexibility index (Phi) is 9.01. The first-order valence-electron chi connectivity index (χ1n) is 10.4. The van der Waals surface area contributed by atoms with Crippen molar-refractivity contribution >= 4 is 22.7 Å². The number of allylic oxidation sites excluding steroid dienone is 2. The molecule has 0 bridgehead atoms. The van der Waals surface area contributed by atoms with E-state index in [1.54, 1.807) is 12.1 Å². The maximum absolute atomic E-state index is 13.4. The third-order valence-electron chi connectivity index (χ3n) is 5.37. The number of alkyl halides is 3. The third kappa shape index (κ3) is 6.74. The zero-order valence-electron chi connectivity index (χ0n) is 16.3. The van der Waals surface area contributed by atoms with Crippen LogP contribution >= 0.6 is 12.2 Å². The Bertz CT molecular complexity index is 643. The molecule has 27 heavy (non-hydrogen) atoms. The van der Waals surface area contributed by atoms with Crippen molar-refractivity contribution in [3.63, 3.8) is 0 Å². The summed E-state index contributed by atoms with van der Waals surface area (Å²) in [5, 5.41) is 0. The maximum atomic E-state index is 13.4. The van der Waals surface area contributed by atoms with Crippen molar-refractivity contribution in [1.82, 2.24) is 0 Å². The maximum Gasteiger partial charge on any atom is 0.417 e.